The van der Waals surface area contributed by atoms with E-state index in [1.165, 1.54) is 19.5 Å². The molecule has 1 aromatic carbocycles. The fraction of sp³-hybridized carbons (Fsp3) is 0.176. The monoisotopic (exact) mass is 423 g/mol. The number of hydrogen-bond donors (Lipinski definition) is 2. The first-order chi connectivity index (χ1) is 13.3. The van der Waals surface area contributed by atoms with E-state index in [-0.39, 0.29) is 11.6 Å². The van der Waals surface area contributed by atoms with Crippen molar-refractivity contribution in [1.29, 1.82) is 0 Å². The Morgan fingerprint density at radius 1 is 1.36 bits per heavy atom. The van der Waals surface area contributed by atoms with Gasteiger partial charge in [0.2, 0.25) is 11.7 Å². The molecule has 2 heterocycles. The fourth-order valence-electron chi connectivity index (χ4n) is 2.52. The van der Waals surface area contributed by atoms with Gasteiger partial charge >= 0.3 is 0 Å². The van der Waals surface area contributed by atoms with Gasteiger partial charge in [-0.25, -0.2) is 4.98 Å². The van der Waals surface area contributed by atoms with E-state index in [1.54, 1.807) is 30.1 Å². The Hall–Kier alpha value is -3.04. The topological polar surface area (TPSA) is 113 Å². The molecule has 3 aromatic rings. The van der Waals surface area contributed by atoms with E-state index in [0.29, 0.717) is 16.6 Å². The molecule has 0 unspecified atom stereocenters. The summed E-state index contributed by atoms with van der Waals surface area (Å²) in [5.74, 6) is -1.37. The highest BCUT2D eigenvalue weighted by Crippen LogP contribution is 2.24. The second kappa shape index (κ2) is 7.91. The third kappa shape index (κ3) is 3.95. The minimum absolute atomic E-state index is 0.171. The minimum Gasteiger partial charge on any atom is -0.501 e. The predicted molar refractivity (Wildman–Crippen MR) is 104 cm³/mol. The number of benzene rings is 1. The van der Waals surface area contributed by atoms with Crippen LogP contribution in [0.2, 0.25) is 10.0 Å². The summed E-state index contributed by atoms with van der Waals surface area (Å²) in [6.07, 6.45) is 2.47. The zero-order valence-corrected chi connectivity index (χ0v) is 16.3. The second-order valence-corrected chi connectivity index (χ2v) is 6.76. The van der Waals surface area contributed by atoms with Gasteiger partial charge < -0.3 is 19.8 Å². The van der Waals surface area contributed by atoms with Crippen LogP contribution in [-0.4, -0.2) is 32.8 Å². The lowest BCUT2D eigenvalue weighted by Crippen LogP contribution is -2.31. The number of amides is 1. The molecule has 9 nitrogen and oxygen atoms in total. The van der Waals surface area contributed by atoms with Crippen molar-refractivity contribution >= 4 is 40.7 Å². The van der Waals surface area contributed by atoms with Crippen LogP contribution in [-0.2, 0) is 13.6 Å². The molecular weight excluding hydrogens is 409 g/mol. The third-order valence-electron chi connectivity index (χ3n) is 3.89. The lowest BCUT2D eigenvalue weighted by molar-refractivity contribution is 0.101. The van der Waals surface area contributed by atoms with Gasteiger partial charge in [-0.1, -0.05) is 34.4 Å². The number of carbonyl (C=O) groups excluding carboxylic acids is 1. The number of rotatable bonds is 5. The molecule has 0 aliphatic heterocycles. The summed E-state index contributed by atoms with van der Waals surface area (Å²) < 4.78 is 5.77. The number of hydrogen-bond acceptors (Lipinski definition) is 7. The Balaban J connectivity index is 1.93. The molecule has 0 fully saturated rings. The molecule has 0 spiro atoms. The van der Waals surface area contributed by atoms with Crippen molar-refractivity contribution in [3.05, 3.63) is 62.3 Å². The molecule has 0 aliphatic carbocycles. The summed E-state index contributed by atoms with van der Waals surface area (Å²) in [6.45, 7) is 0.328. The molecule has 28 heavy (non-hydrogen) atoms. The van der Waals surface area contributed by atoms with E-state index >= 15 is 0 Å². The molecule has 0 radical (unpaired) electrons. The molecule has 1 amide bonds. The van der Waals surface area contributed by atoms with Crippen molar-refractivity contribution in [2.75, 3.05) is 17.3 Å². The van der Waals surface area contributed by atoms with E-state index in [2.05, 4.69) is 20.0 Å². The van der Waals surface area contributed by atoms with Crippen LogP contribution in [0.1, 0.15) is 16.1 Å². The van der Waals surface area contributed by atoms with Gasteiger partial charge in [0.1, 0.15) is 12.0 Å². The normalized spacial score (nSPS) is 10.7. The van der Waals surface area contributed by atoms with Crippen LogP contribution in [0.4, 0.5) is 11.6 Å². The maximum Gasteiger partial charge on any atom is 0.297 e. The summed E-state index contributed by atoms with van der Waals surface area (Å²) in [6, 6.07) is 5.13. The summed E-state index contributed by atoms with van der Waals surface area (Å²) >= 11 is 12.0. The first-order valence-corrected chi connectivity index (χ1v) is 8.69. The quantitative estimate of drug-likeness (QED) is 0.648. The number of aromatic nitrogens is 3. The average molecular weight is 424 g/mol. The number of carbonyl (C=O) groups is 1. The van der Waals surface area contributed by atoms with Crippen molar-refractivity contribution in [2.24, 2.45) is 7.05 Å². The highest BCUT2D eigenvalue weighted by atomic mass is 35.5. The number of nitrogens with one attached hydrogen (secondary N) is 1. The van der Waals surface area contributed by atoms with Gasteiger partial charge in [-0.05, 0) is 17.7 Å². The van der Waals surface area contributed by atoms with Gasteiger partial charge in [-0.3, -0.25) is 14.2 Å². The molecule has 0 atom stereocenters. The predicted octanol–water partition coefficient (Wildman–Crippen LogP) is 2.67. The zero-order valence-electron chi connectivity index (χ0n) is 14.8. The molecule has 0 saturated heterocycles. The smallest absolute Gasteiger partial charge is 0.297 e. The van der Waals surface area contributed by atoms with Crippen LogP contribution >= 0.6 is 23.2 Å². The largest absolute Gasteiger partial charge is 0.501 e. The molecule has 146 valence electrons. The van der Waals surface area contributed by atoms with Crippen LogP contribution in [0, 0.1) is 0 Å². The van der Waals surface area contributed by atoms with Crippen LogP contribution in [0.5, 0.6) is 5.75 Å². The van der Waals surface area contributed by atoms with Crippen molar-refractivity contribution in [3.63, 3.8) is 0 Å². The molecule has 0 saturated carbocycles. The first-order valence-electron chi connectivity index (χ1n) is 7.93. The van der Waals surface area contributed by atoms with Gasteiger partial charge in [0.25, 0.3) is 11.5 Å². The Morgan fingerprint density at radius 2 is 2.11 bits per heavy atom. The van der Waals surface area contributed by atoms with Gasteiger partial charge in [-0.2, -0.15) is 0 Å². The van der Waals surface area contributed by atoms with E-state index in [0.717, 1.165) is 10.1 Å². The number of aromatic hydroxyl groups is 1. The molecule has 2 aromatic heterocycles. The third-order valence-corrected chi connectivity index (χ3v) is 4.63. The Morgan fingerprint density at radius 3 is 2.75 bits per heavy atom. The van der Waals surface area contributed by atoms with E-state index in [4.69, 9.17) is 23.2 Å². The lowest BCUT2D eigenvalue weighted by atomic mass is 10.2. The molecule has 11 heteroatoms. The summed E-state index contributed by atoms with van der Waals surface area (Å²) in [4.78, 5) is 30.6. The maximum atomic E-state index is 12.4. The molecule has 0 bridgehead atoms. The van der Waals surface area contributed by atoms with Crippen molar-refractivity contribution in [2.45, 2.75) is 6.54 Å². The zero-order chi connectivity index (χ0) is 20.4. The lowest BCUT2D eigenvalue weighted by Gasteiger charge is -2.21. The van der Waals surface area contributed by atoms with Crippen molar-refractivity contribution in [1.82, 2.24) is 14.7 Å². The Kier molecular flexibility index (Phi) is 5.57. The number of nitrogens with zero attached hydrogens (tertiary/aromatic N) is 4. The number of halogens is 2. The van der Waals surface area contributed by atoms with Crippen LogP contribution in [0.3, 0.4) is 0 Å². The second-order valence-electron chi connectivity index (χ2n) is 5.94. The minimum atomic E-state index is -0.775. The molecular formula is C17H15Cl2N5O4. The SMILES string of the molecule is CN(Cc1ccc(Cl)c(Cl)c1)c1nc(C(=O)Nc2cnoc2)c(O)c(=O)n1C. The molecule has 2 N–H and O–H groups in total. The van der Waals surface area contributed by atoms with Crippen LogP contribution < -0.4 is 15.8 Å². The standard InChI is InChI=1S/C17H15Cl2N5O4/c1-23(7-9-3-4-11(18)12(19)5-9)17-22-13(14(25)16(27)24(17)2)15(26)21-10-6-20-28-8-10/h3-6,8,25H,7H2,1-2H3,(H,21,26). The van der Waals surface area contributed by atoms with Gasteiger partial charge in [0, 0.05) is 20.6 Å². The van der Waals surface area contributed by atoms with Crippen LogP contribution in [0.25, 0.3) is 0 Å². The average Bonchev–Trinajstić information content (AvgIpc) is 3.15. The molecule has 3 rings (SSSR count). The Bertz CT molecular complexity index is 1080. The fourth-order valence-corrected chi connectivity index (χ4v) is 2.84. The Labute approximate surface area is 169 Å². The van der Waals surface area contributed by atoms with Gasteiger partial charge in [0.15, 0.2) is 5.69 Å². The highest BCUT2D eigenvalue weighted by molar-refractivity contribution is 6.42. The molecule has 0 aliphatic rings. The van der Waals surface area contributed by atoms with E-state index < -0.39 is 22.9 Å². The van der Waals surface area contributed by atoms with Crippen LogP contribution in [0.15, 0.2) is 40.0 Å². The highest BCUT2D eigenvalue weighted by Gasteiger charge is 2.22. The van der Waals surface area contributed by atoms with Gasteiger partial charge in [-0.15, -0.1) is 0 Å². The van der Waals surface area contributed by atoms with Crippen molar-refractivity contribution in [3.8, 4) is 5.75 Å². The summed E-state index contributed by atoms with van der Waals surface area (Å²) in [5.41, 5.74) is -0.103. The summed E-state index contributed by atoms with van der Waals surface area (Å²) in [7, 11) is 3.13. The maximum absolute atomic E-state index is 12.4. The summed E-state index contributed by atoms with van der Waals surface area (Å²) in [5, 5.41) is 16.8. The van der Waals surface area contributed by atoms with Gasteiger partial charge in [0.05, 0.1) is 16.2 Å². The number of anilines is 2. The van der Waals surface area contributed by atoms with E-state index in [9.17, 15) is 14.7 Å². The van der Waals surface area contributed by atoms with Crippen molar-refractivity contribution < 1.29 is 14.4 Å². The van der Waals surface area contributed by atoms with E-state index in [1.807, 2.05) is 0 Å². The first kappa shape index (κ1) is 19.7.